The van der Waals surface area contributed by atoms with Gasteiger partial charge in [0.25, 0.3) is 0 Å². The molecule has 20 heavy (non-hydrogen) atoms. The van der Waals surface area contributed by atoms with Crippen molar-refractivity contribution in [3.63, 3.8) is 0 Å². The number of ether oxygens (including phenoxy) is 1. The minimum atomic E-state index is -0.430. The van der Waals surface area contributed by atoms with Gasteiger partial charge in [-0.05, 0) is 43.0 Å². The summed E-state index contributed by atoms with van der Waals surface area (Å²) in [4.78, 5) is 0. The highest BCUT2D eigenvalue weighted by atomic mass is 19.1. The van der Waals surface area contributed by atoms with E-state index in [4.69, 9.17) is 10.5 Å². The van der Waals surface area contributed by atoms with E-state index >= 15 is 0 Å². The Morgan fingerprint density at radius 3 is 2.45 bits per heavy atom. The quantitative estimate of drug-likeness (QED) is 0.857. The molecule has 1 aliphatic rings. The van der Waals surface area contributed by atoms with E-state index in [1.807, 2.05) is 0 Å². The van der Waals surface area contributed by atoms with Crippen molar-refractivity contribution in [1.29, 1.82) is 0 Å². The standard InChI is InChI=1S/C16H23F2NO/c1-20-16(8-4-2-3-5-9-16)15(19)11-12-10-13(17)6-7-14(12)18/h6-7,10,15H,2-5,8-9,11,19H2,1H3. The summed E-state index contributed by atoms with van der Waals surface area (Å²) in [5.74, 6) is -0.831. The van der Waals surface area contributed by atoms with E-state index in [2.05, 4.69) is 0 Å². The molecule has 0 saturated heterocycles. The first-order valence-corrected chi connectivity index (χ1v) is 7.32. The minimum Gasteiger partial charge on any atom is -0.377 e. The first kappa shape index (κ1) is 15.4. The summed E-state index contributed by atoms with van der Waals surface area (Å²) in [5, 5.41) is 0. The molecule has 0 aliphatic heterocycles. The Kier molecular flexibility index (Phi) is 5.11. The third-order valence-corrected chi connectivity index (χ3v) is 4.48. The highest BCUT2D eigenvalue weighted by molar-refractivity contribution is 5.20. The zero-order valence-electron chi connectivity index (χ0n) is 12.0. The molecule has 0 heterocycles. The van der Waals surface area contributed by atoms with E-state index in [0.29, 0.717) is 12.0 Å². The second-order valence-corrected chi connectivity index (χ2v) is 5.73. The molecule has 1 unspecified atom stereocenters. The van der Waals surface area contributed by atoms with Crippen molar-refractivity contribution >= 4 is 0 Å². The molecule has 2 rings (SSSR count). The van der Waals surface area contributed by atoms with Crippen LogP contribution in [0.1, 0.15) is 44.1 Å². The van der Waals surface area contributed by atoms with Crippen LogP contribution < -0.4 is 5.73 Å². The Morgan fingerprint density at radius 1 is 1.20 bits per heavy atom. The molecular formula is C16H23F2NO. The van der Waals surface area contributed by atoms with Crippen molar-refractivity contribution < 1.29 is 13.5 Å². The zero-order chi connectivity index (χ0) is 14.6. The van der Waals surface area contributed by atoms with Crippen molar-refractivity contribution in [2.24, 2.45) is 5.73 Å². The molecule has 112 valence electrons. The van der Waals surface area contributed by atoms with Crippen molar-refractivity contribution in [3.8, 4) is 0 Å². The van der Waals surface area contributed by atoms with Crippen LogP contribution in [-0.2, 0) is 11.2 Å². The molecule has 1 aromatic rings. The third kappa shape index (κ3) is 3.36. The zero-order valence-corrected chi connectivity index (χ0v) is 12.0. The summed E-state index contributed by atoms with van der Waals surface area (Å²) in [6, 6.07) is 3.20. The molecule has 0 spiro atoms. The summed E-state index contributed by atoms with van der Waals surface area (Å²) in [7, 11) is 1.67. The number of halogens is 2. The average Bonchev–Trinajstić information content (AvgIpc) is 2.69. The molecule has 1 atom stereocenters. The maximum atomic E-state index is 13.7. The molecule has 0 amide bonds. The SMILES string of the molecule is COC1(C(N)Cc2cc(F)ccc2F)CCCCCC1. The maximum absolute atomic E-state index is 13.7. The van der Waals surface area contributed by atoms with Gasteiger partial charge in [0, 0.05) is 13.2 Å². The Bertz CT molecular complexity index is 442. The summed E-state index contributed by atoms with van der Waals surface area (Å²) >= 11 is 0. The lowest BCUT2D eigenvalue weighted by Gasteiger charge is -2.37. The highest BCUT2D eigenvalue weighted by Gasteiger charge is 2.37. The highest BCUT2D eigenvalue weighted by Crippen LogP contribution is 2.33. The van der Waals surface area contributed by atoms with Crippen LogP contribution in [0.5, 0.6) is 0 Å². The molecule has 1 aliphatic carbocycles. The number of methoxy groups -OCH3 is 1. The second kappa shape index (κ2) is 6.64. The number of nitrogens with two attached hydrogens (primary N) is 1. The minimum absolute atomic E-state index is 0.303. The lowest BCUT2D eigenvalue weighted by atomic mass is 9.83. The van der Waals surface area contributed by atoms with Crippen molar-refractivity contribution in [1.82, 2.24) is 0 Å². The Balaban J connectivity index is 2.16. The topological polar surface area (TPSA) is 35.2 Å². The van der Waals surface area contributed by atoms with Gasteiger partial charge in [-0.3, -0.25) is 0 Å². The van der Waals surface area contributed by atoms with Crippen LogP contribution in [0.25, 0.3) is 0 Å². The van der Waals surface area contributed by atoms with E-state index in [1.54, 1.807) is 7.11 Å². The lowest BCUT2D eigenvalue weighted by molar-refractivity contribution is -0.0431. The van der Waals surface area contributed by atoms with Gasteiger partial charge >= 0.3 is 0 Å². The summed E-state index contributed by atoms with van der Waals surface area (Å²) in [6.45, 7) is 0. The summed E-state index contributed by atoms with van der Waals surface area (Å²) in [5.41, 5.74) is 6.22. The van der Waals surface area contributed by atoms with Crippen molar-refractivity contribution in [3.05, 3.63) is 35.4 Å². The predicted octanol–water partition coefficient (Wildman–Crippen LogP) is 3.57. The molecule has 1 aromatic carbocycles. The van der Waals surface area contributed by atoms with Gasteiger partial charge in [-0.25, -0.2) is 8.78 Å². The largest absolute Gasteiger partial charge is 0.377 e. The normalized spacial score (nSPS) is 20.4. The molecule has 2 N–H and O–H groups in total. The molecule has 1 saturated carbocycles. The van der Waals surface area contributed by atoms with Gasteiger partial charge in [-0.1, -0.05) is 25.7 Å². The van der Waals surface area contributed by atoms with Gasteiger partial charge in [-0.15, -0.1) is 0 Å². The van der Waals surface area contributed by atoms with Gasteiger partial charge in [-0.2, -0.15) is 0 Å². The number of rotatable bonds is 4. The van der Waals surface area contributed by atoms with Crippen LogP contribution in [0.2, 0.25) is 0 Å². The number of benzene rings is 1. The van der Waals surface area contributed by atoms with Crippen molar-refractivity contribution in [2.75, 3.05) is 7.11 Å². The average molecular weight is 283 g/mol. The Morgan fingerprint density at radius 2 is 1.85 bits per heavy atom. The fourth-order valence-electron chi connectivity index (χ4n) is 3.18. The third-order valence-electron chi connectivity index (χ3n) is 4.48. The van der Waals surface area contributed by atoms with Gasteiger partial charge in [0.15, 0.2) is 0 Å². The van der Waals surface area contributed by atoms with Crippen molar-refractivity contribution in [2.45, 2.75) is 56.6 Å². The van der Waals surface area contributed by atoms with Crippen LogP contribution >= 0.6 is 0 Å². The van der Waals surface area contributed by atoms with E-state index in [-0.39, 0.29) is 6.04 Å². The van der Waals surface area contributed by atoms with Gasteiger partial charge < -0.3 is 10.5 Å². The summed E-state index contributed by atoms with van der Waals surface area (Å²) in [6.07, 6.45) is 6.61. The Labute approximate surface area is 119 Å². The van der Waals surface area contributed by atoms with Gasteiger partial charge in [0.1, 0.15) is 11.6 Å². The Hall–Kier alpha value is -1.00. The molecule has 1 fully saturated rings. The van der Waals surface area contributed by atoms with Crippen LogP contribution in [0.3, 0.4) is 0 Å². The first-order valence-electron chi connectivity index (χ1n) is 7.32. The number of hydrogen-bond donors (Lipinski definition) is 1. The van der Waals surface area contributed by atoms with E-state index in [1.165, 1.54) is 18.9 Å². The van der Waals surface area contributed by atoms with Crippen LogP contribution in [0.15, 0.2) is 18.2 Å². The van der Waals surface area contributed by atoms with E-state index < -0.39 is 17.2 Å². The second-order valence-electron chi connectivity index (χ2n) is 5.73. The monoisotopic (exact) mass is 283 g/mol. The molecule has 4 heteroatoms. The van der Waals surface area contributed by atoms with Crippen LogP contribution in [0, 0.1) is 11.6 Å². The maximum Gasteiger partial charge on any atom is 0.126 e. The van der Waals surface area contributed by atoms with E-state index in [0.717, 1.165) is 37.8 Å². The molecule has 0 radical (unpaired) electrons. The molecule has 0 aromatic heterocycles. The smallest absolute Gasteiger partial charge is 0.126 e. The fraction of sp³-hybridized carbons (Fsp3) is 0.625. The fourth-order valence-corrected chi connectivity index (χ4v) is 3.18. The molecule has 2 nitrogen and oxygen atoms in total. The summed E-state index contributed by atoms with van der Waals surface area (Å²) < 4.78 is 32.7. The van der Waals surface area contributed by atoms with Gasteiger partial charge in [0.05, 0.1) is 5.60 Å². The van der Waals surface area contributed by atoms with Crippen LogP contribution in [-0.4, -0.2) is 18.8 Å². The first-order chi connectivity index (χ1) is 9.57. The lowest BCUT2D eigenvalue weighted by Crippen LogP contribution is -2.50. The molecular weight excluding hydrogens is 260 g/mol. The van der Waals surface area contributed by atoms with Gasteiger partial charge in [0.2, 0.25) is 0 Å². The van der Waals surface area contributed by atoms with Crippen LogP contribution in [0.4, 0.5) is 8.78 Å². The molecule has 0 bridgehead atoms. The number of hydrogen-bond acceptors (Lipinski definition) is 2. The van der Waals surface area contributed by atoms with E-state index in [9.17, 15) is 8.78 Å². The predicted molar refractivity (Wildman–Crippen MR) is 75.5 cm³/mol.